The van der Waals surface area contributed by atoms with E-state index in [1.54, 1.807) is 0 Å². The maximum Gasteiger partial charge on any atom is 1.00 e. The molecule has 1 aliphatic heterocycles. The molecule has 4 N–H and O–H groups in total. The molecule has 1 aliphatic rings. The van der Waals surface area contributed by atoms with Gasteiger partial charge >= 0.3 is 63.3 Å². The summed E-state index contributed by atoms with van der Waals surface area (Å²) in [6.07, 6.45) is 2.92. The summed E-state index contributed by atoms with van der Waals surface area (Å²) in [6.45, 7) is 16.3. The zero-order chi connectivity index (χ0) is 24.5. The third kappa shape index (κ3) is 31.7. The van der Waals surface area contributed by atoms with Gasteiger partial charge in [-0.1, -0.05) is 68.2 Å². The molecule has 0 aliphatic carbocycles. The molecule has 2 atom stereocenters. The van der Waals surface area contributed by atoms with Crippen molar-refractivity contribution in [2.45, 2.75) is 106 Å². The number of carboxylic acids is 1. The van der Waals surface area contributed by atoms with Crippen LogP contribution in [-0.2, 0) is 23.9 Å². The van der Waals surface area contributed by atoms with Gasteiger partial charge in [0.1, 0.15) is 6.04 Å². The predicted molar refractivity (Wildman–Crippen MR) is 120 cm³/mol. The van der Waals surface area contributed by atoms with Gasteiger partial charge in [0, 0.05) is 6.54 Å². The minimum Gasteiger partial charge on any atom is -0.675 e. The molecular formula is C21H44KN3O6. The monoisotopic (exact) mass is 473 g/mol. The number of aliphatic carboxylic acids is 1. The van der Waals surface area contributed by atoms with Gasteiger partial charge in [-0.3, -0.25) is 14.4 Å². The number of cyclic esters (lactones) is 1. The molecule has 0 aromatic rings. The van der Waals surface area contributed by atoms with Crippen LogP contribution in [0.4, 0.5) is 0 Å². The van der Waals surface area contributed by atoms with Crippen molar-refractivity contribution in [1.29, 1.82) is 0 Å². The van der Waals surface area contributed by atoms with Crippen molar-refractivity contribution in [3.05, 3.63) is 5.73 Å². The van der Waals surface area contributed by atoms with Crippen molar-refractivity contribution in [2.75, 3.05) is 6.54 Å². The molecule has 0 aromatic heterocycles. The van der Waals surface area contributed by atoms with E-state index in [4.69, 9.17) is 10.8 Å². The quantitative estimate of drug-likeness (QED) is 0.195. The molecule has 2 amide bonds. The molecular weight excluding hydrogens is 429 g/mol. The first kappa shape index (κ1) is 40.8. The number of carbonyl (C=O) groups is 4. The first-order valence-corrected chi connectivity index (χ1v) is 10.8. The van der Waals surface area contributed by atoms with Gasteiger partial charge in [0.25, 0.3) is 5.91 Å². The largest absolute Gasteiger partial charge is 1.00 e. The Bertz CT molecular complexity index is 425. The number of carboxylic acid groups (broad SMARTS) is 1. The average Bonchev–Trinajstić information content (AvgIpc) is 2.70. The summed E-state index contributed by atoms with van der Waals surface area (Å²) < 4.78 is 4.55. The van der Waals surface area contributed by atoms with E-state index in [0.29, 0.717) is 12.8 Å². The SMILES string of the molecule is CC.CC.CC(C)[NH-].CCCC.O=CNC(CCCNC(=O)C1CC(=O)O1)C(=O)O.[K+]. The number of amides is 2. The minimum atomic E-state index is -1.12. The summed E-state index contributed by atoms with van der Waals surface area (Å²) in [4.78, 5) is 42.6. The van der Waals surface area contributed by atoms with E-state index in [0.717, 1.165) is 0 Å². The van der Waals surface area contributed by atoms with Crippen LogP contribution in [-0.4, -0.2) is 54.1 Å². The second-order valence-electron chi connectivity index (χ2n) is 5.95. The van der Waals surface area contributed by atoms with Gasteiger partial charge < -0.3 is 26.2 Å². The van der Waals surface area contributed by atoms with Crippen LogP contribution in [0.15, 0.2) is 0 Å². The Morgan fingerprint density at radius 3 is 1.90 bits per heavy atom. The number of hydrogen-bond acceptors (Lipinski definition) is 5. The summed E-state index contributed by atoms with van der Waals surface area (Å²) in [5.41, 5.74) is 6.58. The first-order valence-electron chi connectivity index (χ1n) is 10.8. The molecule has 1 rings (SSSR count). The van der Waals surface area contributed by atoms with Crippen molar-refractivity contribution in [2.24, 2.45) is 0 Å². The first-order chi connectivity index (χ1) is 14.2. The van der Waals surface area contributed by atoms with E-state index < -0.39 is 24.1 Å². The number of carbonyl (C=O) groups excluding carboxylic acids is 3. The van der Waals surface area contributed by atoms with Crippen LogP contribution in [0.2, 0.25) is 0 Å². The Morgan fingerprint density at radius 1 is 1.19 bits per heavy atom. The summed E-state index contributed by atoms with van der Waals surface area (Å²) >= 11 is 0. The second kappa shape index (κ2) is 31.7. The Morgan fingerprint density at radius 2 is 1.61 bits per heavy atom. The summed E-state index contributed by atoms with van der Waals surface area (Å²) in [5.74, 6) is -1.91. The van der Waals surface area contributed by atoms with Gasteiger partial charge in [-0.15, -0.1) is 6.04 Å². The summed E-state index contributed by atoms with van der Waals surface area (Å²) in [5, 5.41) is 13.4. The molecule has 0 radical (unpaired) electrons. The van der Waals surface area contributed by atoms with Gasteiger partial charge in [0.15, 0.2) is 6.10 Å². The average molecular weight is 474 g/mol. The van der Waals surface area contributed by atoms with Crippen LogP contribution >= 0.6 is 0 Å². The van der Waals surface area contributed by atoms with E-state index in [9.17, 15) is 19.2 Å². The van der Waals surface area contributed by atoms with E-state index in [1.165, 1.54) is 12.8 Å². The fraction of sp³-hybridized carbons (Fsp3) is 0.810. The third-order valence-corrected chi connectivity index (χ3v) is 2.95. The normalized spacial score (nSPS) is 13.6. The van der Waals surface area contributed by atoms with Crippen LogP contribution in [0.25, 0.3) is 5.73 Å². The second-order valence-corrected chi connectivity index (χ2v) is 5.95. The molecule has 180 valence electrons. The molecule has 9 nitrogen and oxygen atoms in total. The molecule has 1 fully saturated rings. The molecule has 0 aromatic carbocycles. The standard InChI is InChI=1S/C10H14N2O6.C4H10.C3H8N.2C2H6.K/c13-5-12-6(10(16)17)2-1-3-11-9(15)7-4-8(14)18-7;1-3-4-2;1-3(2)4;2*1-2;/h5-7H,1-4H2,(H,11,15)(H,12,13)(H,16,17);3-4H2,1-2H3;3-4H,1-2H3;2*1-2H3;/q;;-1;;;+1. The third-order valence-electron chi connectivity index (χ3n) is 2.95. The molecule has 1 heterocycles. The number of esters is 1. The van der Waals surface area contributed by atoms with Crippen LogP contribution in [0, 0.1) is 0 Å². The van der Waals surface area contributed by atoms with Crippen LogP contribution in [0.5, 0.6) is 0 Å². The topological polar surface area (TPSA) is 146 Å². The maximum atomic E-state index is 11.3. The summed E-state index contributed by atoms with van der Waals surface area (Å²) in [6, 6.07) is -0.874. The zero-order valence-corrected chi connectivity index (χ0v) is 24.2. The van der Waals surface area contributed by atoms with Gasteiger partial charge in [-0.25, -0.2) is 4.79 Å². The molecule has 2 unspecified atom stereocenters. The van der Waals surface area contributed by atoms with Gasteiger partial charge in [-0.2, -0.15) is 0 Å². The zero-order valence-electron chi connectivity index (χ0n) is 21.0. The van der Waals surface area contributed by atoms with Gasteiger partial charge in [-0.05, 0) is 12.8 Å². The maximum absolute atomic E-state index is 11.3. The van der Waals surface area contributed by atoms with Crippen LogP contribution in [0.1, 0.15) is 87.5 Å². The molecule has 0 bridgehead atoms. The molecule has 0 saturated carbocycles. The Hall–Kier alpha value is -0.524. The van der Waals surface area contributed by atoms with E-state index in [1.807, 2.05) is 41.5 Å². The van der Waals surface area contributed by atoms with Gasteiger partial charge in [0.05, 0.1) is 6.42 Å². The Balaban J connectivity index is -0.000000145. The Kier molecular flexibility index (Phi) is 41.7. The van der Waals surface area contributed by atoms with Crippen molar-refractivity contribution in [1.82, 2.24) is 10.6 Å². The van der Waals surface area contributed by atoms with Gasteiger partial charge in [0.2, 0.25) is 6.41 Å². The van der Waals surface area contributed by atoms with E-state index in [-0.39, 0.29) is 82.7 Å². The fourth-order valence-corrected chi connectivity index (χ4v) is 1.44. The number of ether oxygens (including phenoxy) is 1. The molecule has 31 heavy (non-hydrogen) atoms. The van der Waals surface area contributed by atoms with Crippen molar-refractivity contribution in [3.8, 4) is 0 Å². The fourth-order valence-electron chi connectivity index (χ4n) is 1.44. The molecule has 1 saturated heterocycles. The molecule has 0 spiro atoms. The minimum absolute atomic E-state index is 0. The van der Waals surface area contributed by atoms with Crippen LogP contribution in [0.3, 0.4) is 0 Å². The number of rotatable bonds is 9. The number of hydrogen-bond donors (Lipinski definition) is 3. The predicted octanol–water partition coefficient (Wildman–Crippen LogP) is 0.707. The smallest absolute Gasteiger partial charge is 0.675 e. The van der Waals surface area contributed by atoms with Crippen molar-refractivity contribution in [3.63, 3.8) is 0 Å². The van der Waals surface area contributed by atoms with E-state index >= 15 is 0 Å². The summed E-state index contributed by atoms with van der Waals surface area (Å²) in [7, 11) is 0. The van der Waals surface area contributed by atoms with E-state index in [2.05, 4.69) is 29.2 Å². The number of nitrogens with one attached hydrogen (secondary N) is 3. The Labute approximate surface area is 231 Å². The van der Waals surface area contributed by atoms with Crippen molar-refractivity contribution < 1.29 is 80.4 Å². The van der Waals surface area contributed by atoms with Crippen molar-refractivity contribution >= 4 is 24.3 Å². The van der Waals surface area contributed by atoms with Crippen LogP contribution < -0.4 is 62.0 Å². The molecule has 10 heteroatoms. The number of unbranched alkanes of at least 4 members (excludes halogenated alkanes) is 1.